The highest BCUT2D eigenvalue weighted by molar-refractivity contribution is 6.32. The molecule has 6 nitrogen and oxygen atoms in total. The molecule has 0 spiro atoms. The Morgan fingerprint density at radius 3 is 2.75 bits per heavy atom. The van der Waals surface area contributed by atoms with E-state index in [9.17, 15) is 9.90 Å². The maximum absolute atomic E-state index is 12.4. The van der Waals surface area contributed by atoms with Gasteiger partial charge in [-0.15, -0.1) is 6.58 Å². The zero-order chi connectivity index (χ0) is 22.8. The average Bonchev–Trinajstić information content (AvgIpc) is 3.31. The van der Waals surface area contributed by atoms with Crippen LogP contribution >= 0.6 is 11.6 Å². The third-order valence-electron chi connectivity index (χ3n) is 5.86. The lowest BCUT2D eigenvalue weighted by Gasteiger charge is -2.19. The Labute approximate surface area is 193 Å². The molecule has 0 unspecified atom stereocenters. The fourth-order valence-electron chi connectivity index (χ4n) is 4.32. The van der Waals surface area contributed by atoms with Gasteiger partial charge in [-0.3, -0.25) is 4.79 Å². The molecule has 1 aliphatic rings. The molecule has 0 aliphatic carbocycles. The van der Waals surface area contributed by atoms with Gasteiger partial charge in [-0.25, -0.2) is 4.98 Å². The van der Waals surface area contributed by atoms with Gasteiger partial charge in [0.1, 0.15) is 24.3 Å². The number of carbonyl (C=O) groups is 1. The Morgan fingerprint density at radius 2 is 2.03 bits per heavy atom. The molecular weight excluding hydrogens is 426 g/mol. The lowest BCUT2D eigenvalue weighted by molar-refractivity contribution is -0.127. The number of aromatic nitrogens is 2. The number of fused-ring (bicyclic) bond motifs is 1. The van der Waals surface area contributed by atoms with Gasteiger partial charge in [-0.05, 0) is 49.2 Å². The number of likely N-dealkylation sites (tertiary alicyclic amines) is 1. The maximum atomic E-state index is 12.4. The zero-order valence-electron chi connectivity index (χ0n) is 18.4. The second-order valence-electron chi connectivity index (χ2n) is 8.39. The first-order valence-electron chi connectivity index (χ1n) is 10.8. The van der Waals surface area contributed by atoms with Crippen LogP contribution in [0.3, 0.4) is 0 Å². The number of amides is 1. The van der Waals surface area contributed by atoms with Crippen molar-refractivity contribution in [3.63, 3.8) is 0 Å². The zero-order valence-corrected chi connectivity index (χ0v) is 19.2. The number of hydrogen-bond acceptors (Lipinski definition) is 4. The normalized spacial score (nSPS) is 17.2. The molecule has 1 amide bonds. The van der Waals surface area contributed by atoms with Gasteiger partial charge in [0.25, 0.3) is 0 Å². The van der Waals surface area contributed by atoms with Crippen LogP contribution in [-0.4, -0.2) is 51.3 Å². The highest BCUT2D eigenvalue weighted by atomic mass is 35.5. The summed E-state index contributed by atoms with van der Waals surface area (Å²) in [4.78, 5) is 19.0. The molecular formula is C25H28ClN3O3. The van der Waals surface area contributed by atoms with E-state index >= 15 is 0 Å². The number of imidazole rings is 1. The molecule has 168 valence electrons. The van der Waals surface area contributed by atoms with Crippen LogP contribution in [0.25, 0.3) is 11.0 Å². The summed E-state index contributed by atoms with van der Waals surface area (Å²) < 4.78 is 7.89. The van der Waals surface area contributed by atoms with Crippen LogP contribution in [0.2, 0.25) is 5.02 Å². The molecule has 1 N–H and O–H groups in total. The molecule has 1 aliphatic heterocycles. The molecule has 32 heavy (non-hydrogen) atoms. The fourth-order valence-corrected chi connectivity index (χ4v) is 4.43. The summed E-state index contributed by atoms with van der Waals surface area (Å²) in [6, 6.07) is 11.6. The fraction of sp³-hybridized carbons (Fsp3) is 0.360. The van der Waals surface area contributed by atoms with Gasteiger partial charge in [0.2, 0.25) is 5.91 Å². The quantitative estimate of drug-likeness (QED) is 0.518. The third-order valence-corrected chi connectivity index (χ3v) is 6.46. The minimum atomic E-state index is -0.746. The summed E-state index contributed by atoms with van der Waals surface area (Å²) in [5.74, 6) is 1.58. The van der Waals surface area contributed by atoms with Crippen molar-refractivity contribution in [3.8, 4) is 5.75 Å². The number of rotatable bonds is 8. The SMILES string of the molecule is C=CCN1C[C@H](c2nc3ccccc3n2C[C@@H](O)COc2cc(C)c(Cl)c(C)c2)CC1=O. The lowest BCUT2D eigenvalue weighted by Crippen LogP contribution is -2.26. The van der Waals surface area contributed by atoms with Gasteiger partial charge in [0.15, 0.2) is 0 Å². The largest absolute Gasteiger partial charge is 0.491 e. The number of benzene rings is 2. The number of aliphatic hydroxyl groups excluding tert-OH is 1. The van der Waals surface area contributed by atoms with Crippen molar-refractivity contribution in [2.75, 3.05) is 19.7 Å². The van der Waals surface area contributed by atoms with Crippen LogP contribution in [0.1, 0.15) is 29.3 Å². The summed E-state index contributed by atoms with van der Waals surface area (Å²) in [5, 5.41) is 11.5. The number of hydrogen-bond donors (Lipinski definition) is 1. The van der Waals surface area contributed by atoms with E-state index in [2.05, 4.69) is 6.58 Å². The predicted octanol–water partition coefficient (Wildman–Crippen LogP) is 4.25. The summed E-state index contributed by atoms with van der Waals surface area (Å²) in [6.07, 6.45) is 1.40. The number of para-hydroxylation sites is 2. The second kappa shape index (κ2) is 9.35. The van der Waals surface area contributed by atoms with Crippen LogP contribution < -0.4 is 4.74 Å². The van der Waals surface area contributed by atoms with Gasteiger partial charge in [0, 0.05) is 30.5 Å². The first-order chi connectivity index (χ1) is 15.4. The molecule has 1 fully saturated rings. The molecule has 0 radical (unpaired) electrons. The first-order valence-corrected chi connectivity index (χ1v) is 11.2. The summed E-state index contributed by atoms with van der Waals surface area (Å²) in [7, 11) is 0. The minimum Gasteiger partial charge on any atom is -0.491 e. The minimum absolute atomic E-state index is 0.0236. The number of halogens is 1. The van der Waals surface area contributed by atoms with Crippen molar-refractivity contribution in [1.29, 1.82) is 0 Å². The maximum Gasteiger partial charge on any atom is 0.223 e. The van der Waals surface area contributed by atoms with E-state index in [4.69, 9.17) is 21.3 Å². The van der Waals surface area contributed by atoms with Crippen molar-refractivity contribution in [2.45, 2.75) is 38.8 Å². The predicted molar refractivity (Wildman–Crippen MR) is 126 cm³/mol. The molecule has 7 heteroatoms. The van der Waals surface area contributed by atoms with Crippen molar-refractivity contribution < 1.29 is 14.6 Å². The highest BCUT2D eigenvalue weighted by Crippen LogP contribution is 2.31. The van der Waals surface area contributed by atoms with Crippen LogP contribution in [-0.2, 0) is 11.3 Å². The van der Waals surface area contributed by atoms with Gasteiger partial charge in [-0.2, -0.15) is 0 Å². The smallest absolute Gasteiger partial charge is 0.223 e. The standard InChI is InChI=1S/C25H28ClN3O3/c1-4-9-28-13-18(12-23(28)31)25-27-21-7-5-6-8-22(21)29(25)14-19(30)15-32-20-10-16(2)24(26)17(3)11-20/h4-8,10-11,18-19,30H,1,9,12-15H2,2-3H3/t18-,19-/m1/s1. The van der Waals surface area contributed by atoms with Gasteiger partial charge < -0.3 is 19.3 Å². The molecule has 2 heterocycles. The van der Waals surface area contributed by atoms with Gasteiger partial charge >= 0.3 is 0 Å². The molecule has 2 atom stereocenters. The van der Waals surface area contributed by atoms with Crippen molar-refractivity contribution in [3.05, 3.63) is 71.0 Å². The number of aryl methyl sites for hydroxylation is 2. The molecule has 1 aromatic heterocycles. The molecule has 4 rings (SSSR count). The molecule has 3 aromatic rings. The van der Waals surface area contributed by atoms with Gasteiger partial charge in [-0.1, -0.05) is 29.8 Å². The Balaban J connectivity index is 1.54. The summed E-state index contributed by atoms with van der Waals surface area (Å²) in [5.41, 5.74) is 3.67. The van der Waals surface area contributed by atoms with Crippen molar-refractivity contribution in [2.24, 2.45) is 0 Å². The molecule has 0 bridgehead atoms. The Bertz CT molecular complexity index is 1130. The average molecular weight is 454 g/mol. The number of ether oxygens (including phenoxy) is 1. The van der Waals surface area contributed by atoms with Crippen LogP contribution in [0.4, 0.5) is 0 Å². The van der Waals surface area contributed by atoms with E-state index in [-0.39, 0.29) is 18.4 Å². The molecule has 2 aromatic carbocycles. The van der Waals surface area contributed by atoms with E-state index in [1.165, 1.54) is 0 Å². The Morgan fingerprint density at radius 1 is 1.31 bits per heavy atom. The van der Waals surface area contributed by atoms with Crippen molar-refractivity contribution >= 4 is 28.5 Å². The summed E-state index contributed by atoms with van der Waals surface area (Å²) in [6.45, 7) is 9.20. The van der Waals surface area contributed by atoms with Gasteiger partial charge in [0.05, 0.1) is 17.6 Å². The summed E-state index contributed by atoms with van der Waals surface area (Å²) >= 11 is 6.23. The third kappa shape index (κ3) is 4.52. The second-order valence-corrected chi connectivity index (χ2v) is 8.77. The highest BCUT2D eigenvalue weighted by Gasteiger charge is 2.33. The number of carbonyl (C=O) groups excluding carboxylic acids is 1. The van der Waals surface area contributed by atoms with E-state index in [1.807, 2.05) is 54.8 Å². The molecule has 0 saturated carbocycles. The lowest BCUT2D eigenvalue weighted by atomic mass is 10.1. The van der Waals surface area contributed by atoms with Crippen LogP contribution in [0.15, 0.2) is 49.1 Å². The Kier molecular flexibility index (Phi) is 6.53. The van der Waals surface area contributed by atoms with E-state index < -0.39 is 6.10 Å². The molecule has 1 saturated heterocycles. The van der Waals surface area contributed by atoms with E-state index in [0.717, 1.165) is 33.0 Å². The van der Waals surface area contributed by atoms with E-state index in [0.29, 0.717) is 31.8 Å². The van der Waals surface area contributed by atoms with Crippen LogP contribution in [0.5, 0.6) is 5.75 Å². The van der Waals surface area contributed by atoms with Crippen LogP contribution in [0, 0.1) is 13.8 Å². The number of aliphatic hydroxyl groups is 1. The Hall–Kier alpha value is -2.83. The van der Waals surface area contributed by atoms with E-state index in [1.54, 1.807) is 11.0 Å². The first kappa shape index (κ1) is 22.4. The number of nitrogens with zero attached hydrogens (tertiary/aromatic N) is 3. The monoisotopic (exact) mass is 453 g/mol. The van der Waals surface area contributed by atoms with Crippen molar-refractivity contribution in [1.82, 2.24) is 14.5 Å². The topological polar surface area (TPSA) is 67.6 Å².